The SMILES string of the molecule is CC(C)=CCCC(C)=C[C]=O. The molecule has 0 aromatic rings. The third-order valence-corrected chi connectivity index (χ3v) is 1.40. The Morgan fingerprint density at radius 2 is 2.00 bits per heavy atom. The second kappa shape index (κ2) is 5.90. The van der Waals surface area contributed by atoms with Crippen molar-refractivity contribution in [3.05, 3.63) is 23.3 Å². The van der Waals surface area contributed by atoms with Crippen molar-refractivity contribution in [2.45, 2.75) is 33.6 Å². The zero-order chi connectivity index (χ0) is 8.69. The molecule has 0 rings (SSSR count). The summed E-state index contributed by atoms with van der Waals surface area (Å²) in [6.07, 6.45) is 7.42. The summed E-state index contributed by atoms with van der Waals surface area (Å²) < 4.78 is 0. The molecule has 0 fully saturated rings. The van der Waals surface area contributed by atoms with E-state index in [4.69, 9.17) is 0 Å². The van der Waals surface area contributed by atoms with Gasteiger partial charge in [0.2, 0.25) is 6.29 Å². The average molecular weight is 151 g/mol. The standard InChI is InChI=1S/C10H15O/c1-9(2)5-4-6-10(3)7-8-11/h5,7H,4,6H2,1-3H3. The van der Waals surface area contributed by atoms with Gasteiger partial charge in [-0.3, -0.25) is 4.79 Å². The first kappa shape index (κ1) is 10.2. The van der Waals surface area contributed by atoms with Crippen molar-refractivity contribution in [1.82, 2.24) is 0 Å². The molecule has 0 bridgehead atoms. The molecule has 1 heteroatoms. The maximum Gasteiger partial charge on any atom is 0.225 e. The Bertz CT molecular complexity index is 171. The highest BCUT2D eigenvalue weighted by Gasteiger charge is 1.87. The Morgan fingerprint density at radius 1 is 1.36 bits per heavy atom. The molecule has 0 aliphatic heterocycles. The summed E-state index contributed by atoms with van der Waals surface area (Å²) in [6, 6.07) is 0. The van der Waals surface area contributed by atoms with Crippen LogP contribution in [0.15, 0.2) is 23.3 Å². The molecule has 0 aliphatic rings. The monoisotopic (exact) mass is 151 g/mol. The molecule has 0 amide bonds. The van der Waals surface area contributed by atoms with E-state index < -0.39 is 0 Å². The fourth-order valence-electron chi connectivity index (χ4n) is 0.761. The van der Waals surface area contributed by atoms with E-state index in [1.54, 1.807) is 6.29 Å². The molecule has 0 heterocycles. The Balaban J connectivity index is 3.63. The van der Waals surface area contributed by atoms with Crippen molar-refractivity contribution < 1.29 is 4.79 Å². The van der Waals surface area contributed by atoms with E-state index in [-0.39, 0.29) is 0 Å². The maximum atomic E-state index is 9.90. The van der Waals surface area contributed by atoms with Crippen LogP contribution in [0.3, 0.4) is 0 Å². The van der Waals surface area contributed by atoms with Crippen LogP contribution in [0.25, 0.3) is 0 Å². The molecule has 0 spiro atoms. The van der Waals surface area contributed by atoms with Gasteiger partial charge in [0.25, 0.3) is 0 Å². The predicted molar refractivity (Wildman–Crippen MR) is 48.1 cm³/mol. The third kappa shape index (κ3) is 7.04. The molecule has 0 aliphatic carbocycles. The highest BCUT2D eigenvalue weighted by Crippen LogP contribution is 2.05. The molecule has 0 saturated carbocycles. The third-order valence-electron chi connectivity index (χ3n) is 1.40. The topological polar surface area (TPSA) is 17.1 Å². The highest BCUT2D eigenvalue weighted by molar-refractivity contribution is 5.66. The molecule has 61 valence electrons. The summed E-state index contributed by atoms with van der Waals surface area (Å²) in [5.41, 5.74) is 2.42. The van der Waals surface area contributed by atoms with Crippen LogP contribution in [0.5, 0.6) is 0 Å². The lowest BCUT2D eigenvalue weighted by Crippen LogP contribution is -1.77. The minimum Gasteiger partial charge on any atom is -0.286 e. The zero-order valence-electron chi connectivity index (χ0n) is 7.48. The molecule has 1 nitrogen and oxygen atoms in total. The van der Waals surface area contributed by atoms with Gasteiger partial charge < -0.3 is 0 Å². The van der Waals surface area contributed by atoms with Gasteiger partial charge in [-0.1, -0.05) is 17.2 Å². The summed E-state index contributed by atoms with van der Waals surface area (Å²) in [7, 11) is 0. The van der Waals surface area contributed by atoms with Crippen LogP contribution in [0, 0.1) is 0 Å². The number of allylic oxidation sites excluding steroid dienone is 4. The van der Waals surface area contributed by atoms with Crippen molar-refractivity contribution in [3.8, 4) is 0 Å². The Labute approximate surface area is 68.8 Å². The Hall–Kier alpha value is -0.850. The molecule has 0 unspecified atom stereocenters. The summed E-state index contributed by atoms with van der Waals surface area (Å²) in [5.74, 6) is 0. The van der Waals surface area contributed by atoms with E-state index in [0.717, 1.165) is 18.4 Å². The average Bonchev–Trinajstić information content (AvgIpc) is 1.87. The van der Waals surface area contributed by atoms with Crippen molar-refractivity contribution in [1.29, 1.82) is 0 Å². The number of rotatable bonds is 4. The van der Waals surface area contributed by atoms with Gasteiger partial charge >= 0.3 is 0 Å². The summed E-state index contributed by atoms with van der Waals surface area (Å²) in [6.45, 7) is 6.10. The molecule has 1 radical (unpaired) electrons. The molecule has 0 saturated heterocycles. The number of hydrogen-bond acceptors (Lipinski definition) is 1. The Morgan fingerprint density at radius 3 is 2.45 bits per heavy atom. The lowest BCUT2D eigenvalue weighted by Gasteiger charge is -1.94. The van der Waals surface area contributed by atoms with E-state index in [1.165, 1.54) is 11.6 Å². The minimum absolute atomic E-state index is 0.959. The van der Waals surface area contributed by atoms with Gasteiger partial charge in [-0.15, -0.1) is 0 Å². The van der Waals surface area contributed by atoms with Crippen molar-refractivity contribution in [2.24, 2.45) is 0 Å². The first-order valence-corrected chi connectivity index (χ1v) is 3.83. The maximum absolute atomic E-state index is 9.90. The molecule has 0 N–H and O–H groups in total. The minimum atomic E-state index is 0.959. The highest BCUT2D eigenvalue weighted by atomic mass is 16.1. The van der Waals surface area contributed by atoms with E-state index in [0.29, 0.717) is 0 Å². The lowest BCUT2D eigenvalue weighted by atomic mass is 10.1. The van der Waals surface area contributed by atoms with Crippen molar-refractivity contribution in [3.63, 3.8) is 0 Å². The fourth-order valence-corrected chi connectivity index (χ4v) is 0.761. The van der Waals surface area contributed by atoms with Crippen LogP contribution in [-0.2, 0) is 4.79 Å². The van der Waals surface area contributed by atoms with Crippen molar-refractivity contribution in [2.75, 3.05) is 0 Å². The first-order chi connectivity index (χ1) is 5.16. The van der Waals surface area contributed by atoms with E-state index in [2.05, 4.69) is 19.9 Å². The van der Waals surface area contributed by atoms with E-state index in [1.807, 2.05) is 6.92 Å². The quantitative estimate of drug-likeness (QED) is 0.446. The van der Waals surface area contributed by atoms with Gasteiger partial charge in [0.15, 0.2) is 0 Å². The van der Waals surface area contributed by atoms with Gasteiger partial charge in [-0.05, 0) is 39.7 Å². The van der Waals surface area contributed by atoms with Gasteiger partial charge in [-0.2, -0.15) is 0 Å². The predicted octanol–water partition coefficient (Wildman–Crippen LogP) is 2.79. The van der Waals surface area contributed by atoms with Crippen LogP contribution >= 0.6 is 0 Å². The van der Waals surface area contributed by atoms with E-state index in [9.17, 15) is 4.79 Å². The van der Waals surface area contributed by atoms with Gasteiger partial charge in [0.05, 0.1) is 0 Å². The molecule has 11 heavy (non-hydrogen) atoms. The van der Waals surface area contributed by atoms with E-state index >= 15 is 0 Å². The Kier molecular flexibility index (Phi) is 5.44. The second-order valence-corrected chi connectivity index (χ2v) is 2.93. The molecule has 0 aromatic heterocycles. The van der Waals surface area contributed by atoms with Gasteiger partial charge in [0, 0.05) is 0 Å². The molecule has 0 aromatic carbocycles. The number of hydrogen-bond donors (Lipinski definition) is 0. The molecule has 0 atom stereocenters. The van der Waals surface area contributed by atoms with Gasteiger partial charge in [-0.25, -0.2) is 0 Å². The lowest BCUT2D eigenvalue weighted by molar-refractivity contribution is 0.564. The summed E-state index contributed by atoms with van der Waals surface area (Å²) in [5, 5.41) is 0. The van der Waals surface area contributed by atoms with Gasteiger partial charge in [0.1, 0.15) is 0 Å². The normalized spacial score (nSPS) is 11.0. The fraction of sp³-hybridized carbons (Fsp3) is 0.500. The molecular formula is C10H15O. The first-order valence-electron chi connectivity index (χ1n) is 3.83. The smallest absolute Gasteiger partial charge is 0.225 e. The summed E-state index contributed by atoms with van der Waals surface area (Å²) in [4.78, 5) is 9.90. The van der Waals surface area contributed by atoms with Crippen LogP contribution in [0.2, 0.25) is 0 Å². The van der Waals surface area contributed by atoms with Crippen LogP contribution in [0.4, 0.5) is 0 Å². The van der Waals surface area contributed by atoms with Crippen LogP contribution in [0.1, 0.15) is 33.6 Å². The number of carbonyl (C=O) groups excluding carboxylic acids is 1. The molecular weight excluding hydrogens is 136 g/mol. The summed E-state index contributed by atoms with van der Waals surface area (Å²) >= 11 is 0. The largest absolute Gasteiger partial charge is 0.286 e. The second-order valence-electron chi connectivity index (χ2n) is 2.93. The zero-order valence-corrected chi connectivity index (χ0v) is 7.48. The van der Waals surface area contributed by atoms with Crippen molar-refractivity contribution >= 4 is 6.29 Å². The van der Waals surface area contributed by atoms with Crippen LogP contribution < -0.4 is 0 Å². The van der Waals surface area contributed by atoms with Crippen LogP contribution in [-0.4, -0.2) is 6.29 Å².